The molecule has 1 rings (SSSR count). The number of carboxylic acid groups (broad SMARTS) is 1. The lowest BCUT2D eigenvalue weighted by Crippen LogP contribution is -3.08. The Kier molecular flexibility index (Phi) is 3.01. The molecule has 1 unspecified atom stereocenters. The van der Waals surface area contributed by atoms with E-state index in [1.165, 1.54) is 6.08 Å². The smallest absolute Gasteiger partial charge is 0.109 e. The number of quaternary nitrogens is 1. The van der Waals surface area contributed by atoms with Crippen LogP contribution in [0.4, 0.5) is 0 Å². The Hall–Kier alpha value is -1.13. The van der Waals surface area contributed by atoms with Crippen molar-refractivity contribution in [2.45, 2.75) is 0 Å². The summed E-state index contributed by atoms with van der Waals surface area (Å²) >= 11 is 0. The van der Waals surface area contributed by atoms with E-state index in [1.807, 2.05) is 6.20 Å². The third-order valence-electron chi connectivity index (χ3n) is 1.74. The van der Waals surface area contributed by atoms with Gasteiger partial charge in [0, 0.05) is 5.57 Å². The molecule has 0 fully saturated rings. The molecule has 0 aromatic rings. The number of aliphatic hydroxyl groups excluding tert-OH is 1. The molecule has 0 radical (unpaired) electrons. The zero-order valence-electron chi connectivity index (χ0n) is 6.62. The van der Waals surface area contributed by atoms with Crippen molar-refractivity contribution < 1.29 is 19.9 Å². The minimum atomic E-state index is -1.13. The number of carbonyl (C=O) groups excluding carboxylic acids is 1. The van der Waals surface area contributed by atoms with Gasteiger partial charge in [-0.05, 0) is 12.2 Å². The van der Waals surface area contributed by atoms with E-state index in [1.54, 1.807) is 6.08 Å². The first-order chi connectivity index (χ1) is 5.74. The topological polar surface area (TPSA) is 64.8 Å². The predicted octanol–water partition coefficient (Wildman–Crippen LogP) is -2.93. The molecule has 2 N–H and O–H groups in total. The fourth-order valence-electron chi connectivity index (χ4n) is 1.12. The second-order valence-corrected chi connectivity index (χ2v) is 2.65. The van der Waals surface area contributed by atoms with Crippen molar-refractivity contribution in [3.8, 4) is 0 Å². The lowest BCUT2D eigenvalue weighted by atomic mass is 10.2. The van der Waals surface area contributed by atoms with Gasteiger partial charge in [-0.1, -0.05) is 0 Å². The van der Waals surface area contributed by atoms with Crippen molar-refractivity contribution in [2.24, 2.45) is 0 Å². The normalized spacial score (nSPS) is 22.1. The van der Waals surface area contributed by atoms with Crippen LogP contribution in [0.25, 0.3) is 0 Å². The maximum Gasteiger partial charge on any atom is 0.109 e. The van der Waals surface area contributed by atoms with Crippen LogP contribution in [0.5, 0.6) is 0 Å². The molecule has 4 nitrogen and oxygen atoms in total. The summed E-state index contributed by atoms with van der Waals surface area (Å²) < 4.78 is 0. The number of allylic oxidation sites excluding steroid dienone is 2. The van der Waals surface area contributed by atoms with E-state index in [9.17, 15) is 9.90 Å². The summed E-state index contributed by atoms with van der Waals surface area (Å²) in [6, 6.07) is 0. The number of carbonyl (C=O) groups is 1. The summed E-state index contributed by atoms with van der Waals surface area (Å²) in [4.78, 5) is 11.3. The van der Waals surface area contributed by atoms with Crippen LogP contribution >= 0.6 is 0 Å². The largest absolute Gasteiger partial charge is 0.545 e. The third-order valence-corrected chi connectivity index (χ3v) is 1.74. The Labute approximate surface area is 70.4 Å². The highest BCUT2D eigenvalue weighted by molar-refractivity contribution is 5.85. The first kappa shape index (κ1) is 8.96. The molecule has 66 valence electrons. The third kappa shape index (κ3) is 2.18. The molecular weight excluding hydrogens is 158 g/mol. The van der Waals surface area contributed by atoms with E-state index in [0.717, 1.165) is 4.90 Å². The fourth-order valence-corrected chi connectivity index (χ4v) is 1.12. The van der Waals surface area contributed by atoms with E-state index in [0.29, 0.717) is 13.1 Å². The second-order valence-electron chi connectivity index (χ2n) is 2.65. The molecule has 4 heteroatoms. The number of rotatable bonds is 3. The Balaban J connectivity index is 2.55. The number of carboxylic acids is 1. The SMILES string of the molecule is O=C([O-])C1=CC=C[NH+](CCO)C1. The molecule has 0 spiro atoms. The fraction of sp³-hybridized carbons (Fsp3) is 0.375. The van der Waals surface area contributed by atoms with Gasteiger partial charge >= 0.3 is 0 Å². The van der Waals surface area contributed by atoms with E-state index in [2.05, 4.69) is 0 Å². The van der Waals surface area contributed by atoms with Crippen molar-refractivity contribution in [1.29, 1.82) is 0 Å². The average molecular weight is 169 g/mol. The van der Waals surface area contributed by atoms with Gasteiger partial charge in [0.1, 0.15) is 13.1 Å². The lowest BCUT2D eigenvalue weighted by molar-refractivity contribution is -0.842. The first-order valence-corrected chi connectivity index (χ1v) is 3.78. The van der Waals surface area contributed by atoms with Gasteiger partial charge in [-0.3, -0.25) is 0 Å². The highest BCUT2D eigenvalue weighted by Gasteiger charge is 2.11. The molecule has 1 aliphatic rings. The number of aliphatic carboxylic acids is 1. The average Bonchev–Trinajstić information content (AvgIpc) is 2.05. The van der Waals surface area contributed by atoms with Crippen molar-refractivity contribution in [3.05, 3.63) is 23.9 Å². The van der Waals surface area contributed by atoms with Crippen LogP contribution in [0.2, 0.25) is 0 Å². The van der Waals surface area contributed by atoms with Crippen LogP contribution in [-0.2, 0) is 4.79 Å². The molecule has 0 amide bonds. The number of hydrogen-bond donors (Lipinski definition) is 2. The van der Waals surface area contributed by atoms with Crippen molar-refractivity contribution in [3.63, 3.8) is 0 Å². The van der Waals surface area contributed by atoms with E-state index < -0.39 is 5.97 Å². The Morgan fingerprint density at radius 3 is 3.08 bits per heavy atom. The highest BCUT2D eigenvalue weighted by Crippen LogP contribution is 1.92. The van der Waals surface area contributed by atoms with Gasteiger partial charge in [-0.15, -0.1) is 0 Å². The van der Waals surface area contributed by atoms with Crippen LogP contribution < -0.4 is 10.0 Å². The van der Waals surface area contributed by atoms with Gasteiger partial charge in [0.05, 0.1) is 18.8 Å². The summed E-state index contributed by atoms with van der Waals surface area (Å²) in [5, 5.41) is 19.0. The Morgan fingerprint density at radius 2 is 2.50 bits per heavy atom. The quantitative estimate of drug-likeness (QED) is 0.475. The summed E-state index contributed by atoms with van der Waals surface area (Å²) in [6.45, 7) is 0.973. The highest BCUT2D eigenvalue weighted by atomic mass is 16.4. The summed E-state index contributed by atoms with van der Waals surface area (Å²) in [6.07, 6.45) is 5.01. The van der Waals surface area contributed by atoms with Crippen LogP contribution in [-0.4, -0.2) is 30.8 Å². The summed E-state index contributed by atoms with van der Waals surface area (Å²) in [5.74, 6) is -1.13. The standard InChI is InChI=1S/C8H11NO3/c10-5-4-9-3-1-2-7(6-9)8(11)12/h1-3,10H,4-6H2,(H,11,12). The van der Waals surface area contributed by atoms with Gasteiger partial charge in [-0.2, -0.15) is 0 Å². The number of nitrogens with one attached hydrogen (secondary N) is 1. The second kappa shape index (κ2) is 4.04. The molecule has 12 heavy (non-hydrogen) atoms. The molecule has 0 aromatic heterocycles. The first-order valence-electron chi connectivity index (χ1n) is 3.78. The number of aliphatic hydroxyl groups is 1. The van der Waals surface area contributed by atoms with Crippen LogP contribution in [0.1, 0.15) is 0 Å². The zero-order chi connectivity index (χ0) is 8.97. The van der Waals surface area contributed by atoms with Crippen LogP contribution in [0.15, 0.2) is 23.9 Å². The molecule has 0 aromatic carbocycles. The van der Waals surface area contributed by atoms with Gasteiger partial charge in [0.15, 0.2) is 0 Å². The lowest BCUT2D eigenvalue weighted by Gasteiger charge is -2.18. The number of hydrogen-bond acceptors (Lipinski definition) is 3. The molecule has 1 aliphatic heterocycles. The van der Waals surface area contributed by atoms with Gasteiger partial charge in [-0.25, -0.2) is 0 Å². The van der Waals surface area contributed by atoms with E-state index in [-0.39, 0.29) is 12.2 Å². The maximum absolute atomic E-state index is 10.4. The van der Waals surface area contributed by atoms with Crippen LogP contribution in [0, 0.1) is 0 Å². The molecule has 0 saturated heterocycles. The van der Waals surface area contributed by atoms with Crippen molar-refractivity contribution in [1.82, 2.24) is 0 Å². The van der Waals surface area contributed by atoms with E-state index >= 15 is 0 Å². The van der Waals surface area contributed by atoms with Gasteiger partial charge < -0.3 is 19.9 Å². The molecule has 0 aliphatic carbocycles. The monoisotopic (exact) mass is 169 g/mol. The molecule has 0 bridgehead atoms. The summed E-state index contributed by atoms with van der Waals surface area (Å²) in [7, 11) is 0. The minimum absolute atomic E-state index is 0.0556. The minimum Gasteiger partial charge on any atom is -0.545 e. The van der Waals surface area contributed by atoms with Gasteiger partial charge in [0.2, 0.25) is 0 Å². The Morgan fingerprint density at radius 1 is 1.75 bits per heavy atom. The molecule has 1 atom stereocenters. The molecule has 1 heterocycles. The molecule has 0 saturated carbocycles. The van der Waals surface area contributed by atoms with Crippen molar-refractivity contribution >= 4 is 5.97 Å². The zero-order valence-corrected chi connectivity index (χ0v) is 6.62. The van der Waals surface area contributed by atoms with Gasteiger partial charge in [0.25, 0.3) is 0 Å². The Bertz CT molecular complexity index is 232. The predicted molar refractivity (Wildman–Crippen MR) is 40.0 cm³/mol. The van der Waals surface area contributed by atoms with Crippen LogP contribution in [0.3, 0.4) is 0 Å². The maximum atomic E-state index is 10.4. The summed E-state index contributed by atoms with van der Waals surface area (Å²) in [5.41, 5.74) is 0.279. The molecular formula is C8H11NO3. The van der Waals surface area contributed by atoms with Crippen molar-refractivity contribution in [2.75, 3.05) is 19.7 Å². The van der Waals surface area contributed by atoms with E-state index in [4.69, 9.17) is 5.11 Å².